The molecule has 0 saturated carbocycles. The molecule has 0 aliphatic rings. The van der Waals surface area contributed by atoms with Gasteiger partial charge < -0.3 is 4.42 Å². The fourth-order valence-electron chi connectivity index (χ4n) is 8.82. The van der Waals surface area contributed by atoms with Crippen LogP contribution in [0.15, 0.2) is 199 Å². The van der Waals surface area contributed by atoms with Gasteiger partial charge in [0.2, 0.25) is 0 Å². The molecule has 0 atom stereocenters. The standard InChI is InChI=1S/C54H32N4O/c1-2-13-33(14-3-1)52-56-53(58-54(57-52)46-21-11-25-50-51(46)45-19-8-9-24-49(45)59-50)37-30-35(29-36(31-37)38-20-10-23-48-44(38)22-12-28-55-48)34-26-27-43-41-17-5-4-15-39(41)40-16-6-7-18-42(40)47(43)32-34/h1-32H. The van der Waals surface area contributed by atoms with Crippen molar-refractivity contribution in [3.63, 3.8) is 0 Å². The van der Waals surface area contributed by atoms with Crippen LogP contribution >= 0.6 is 0 Å². The van der Waals surface area contributed by atoms with Crippen molar-refractivity contribution in [2.75, 3.05) is 0 Å². The highest BCUT2D eigenvalue weighted by Gasteiger charge is 2.20. The van der Waals surface area contributed by atoms with Crippen LogP contribution in [0.5, 0.6) is 0 Å². The number of pyridine rings is 1. The Kier molecular flexibility index (Phi) is 7.47. The lowest BCUT2D eigenvalue weighted by Crippen LogP contribution is -2.01. The summed E-state index contributed by atoms with van der Waals surface area (Å²) in [5.41, 5.74) is 9.53. The third-order valence-electron chi connectivity index (χ3n) is 11.5. The zero-order valence-corrected chi connectivity index (χ0v) is 31.7. The Hall–Kier alpha value is -8.02. The Balaban J connectivity index is 1.13. The second-order valence-electron chi connectivity index (χ2n) is 15.0. The van der Waals surface area contributed by atoms with E-state index in [2.05, 4.69) is 121 Å². The minimum Gasteiger partial charge on any atom is -0.456 e. The first kappa shape index (κ1) is 33.2. The van der Waals surface area contributed by atoms with Crippen LogP contribution in [0.4, 0.5) is 0 Å². The molecule has 0 radical (unpaired) electrons. The van der Waals surface area contributed by atoms with Gasteiger partial charge in [-0.1, -0.05) is 140 Å². The fourth-order valence-corrected chi connectivity index (χ4v) is 8.82. The molecule has 274 valence electrons. The molecular formula is C54H32N4O. The van der Waals surface area contributed by atoms with Crippen molar-refractivity contribution in [3.8, 4) is 56.4 Å². The van der Waals surface area contributed by atoms with Gasteiger partial charge in [-0.25, -0.2) is 15.0 Å². The van der Waals surface area contributed by atoms with E-state index in [0.717, 1.165) is 71.8 Å². The molecule has 12 aromatic rings. The molecule has 0 saturated heterocycles. The van der Waals surface area contributed by atoms with Gasteiger partial charge >= 0.3 is 0 Å². The van der Waals surface area contributed by atoms with Gasteiger partial charge in [0.25, 0.3) is 0 Å². The summed E-state index contributed by atoms with van der Waals surface area (Å²) in [5.74, 6) is 1.76. The maximum Gasteiger partial charge on any atom is 0.164 e. The SMILES string of the molecule is c1ccc(-c2nc(-c3cc(-c4ccc5c6ccccc6c6ccccc6c5c4)cc(-c4cccc5ncccc45)c3)nc(-c3cccc4oc5ccccc5c34)n2)cc1. The summed E-state index contributed by atoms with van der Waals surface area (Å²) in [5, 5.41) is 10.5. The van der Waals surface area contributed by atoms with Gasteiger partial charge in [0.15, 0.2) is 17.5 Å². The molecule has 0 N–H and O–H groups in total. The second-order valence-corrected chi connectivity index (χ2v) is 15.0. The lowest BCUT2D eigenvalue weighted by Gasteiger charge is -2.15. The maximum atomic E-state index is 6.31. The van der Waals surface area contributed by atoms with E-state index in [1.54, 1.807) is 0 Å². The Morgan fingerprint density at radius 3 is 1.68 bits per heavy atom. The Bertz CT molecular complexity index is 3590. The summed E-state index contributed by atoms with van der Waals surface area (Å²) in [6, 6.07) is 65.8. The van der Waals surface area contributed by atoms with Gasteiger partial charge in [-0.05, 0) is 103 Å². The molecule has 0 aliphatic heterocycles. The molecule has 0 unspecified atom stereocenters. The predicted octanol–water partition coefficient (Wildman–Crippen LogP) is 14.1. The highest BCUT2D eigenvalue weighted by Crippen LogP contribution is 2.41. The molecule has 12 rings (SSSR count). The van der Waals surface area contributed by atoms with Crippen LogP contribution in [0.25, 0.3) is 122 Å². The van der Waals surface area contributed by atoms with Crippen LogP contribution in [0.1, 0.15) is 0 Å². The zero-order chi connectivity index (χ0) is 38.9. The highest BCUT2D eigenvalue weighted by atomic mass is 16.3. The molecule has 59 heavy (non-hydrogen) atoms. The minimum absolute atomic E-state index is 0.580. The predicted molar refractivity (Wildman–Crippen MR) is 242 cm³/mol. The maximum absolute atomic E-state index is 6.31. The number of hydrogen-bond acceptors (Lipinski definition) is 5. The van der Waals surface area contributed by atoms with Crippen LogP contribution in [0, 0.1) is 0 Å². The summed E-state index contributed by atoms with van der Waals surface area (Å²) in [7, 11) is 0. The first-order valence-corrected chi connectivity index (χ1v) is 19.8. The largest absolute Gasteiger partial charge is 0.456 e. The van der Waals surface area contributed by atoms with Gasteiger partial charge in [-0.15, -0.1) is 0 Å². The number of nitrogens with zero attached hydrogens (tertiary/aromatic N) is 4. The molecule has 0 spiro atoms. The molecule has 0 bridgehead atoms. The number of para-hydroxylation sites is 1. The van der Waals surface area contributed by atoms with Gasteiger partial charge in [0, 0.05) is 39.0 Å². The molecule has 9 aromatic carbocycles. The molecule has 0 amide bonds. The molecule has 3 heterocycles. The highest BCUT2D eigenvalue weighted by molar-refractivity contribution is 6.25. The first-order chi connectivity index (χ1) is 29.2. The molecular weight excluding hydrogens is 721 g/mol. The fraction of sp³-hybridized carbons (Fsp3) is 0. The van der Waals surface area contributed by atoms with E-state index in [0.29, 0.717) is 17.5 Å². The first-order valence-electron chi connectivity index (χ1n) is 19.8. The van der Waals surface area contributed by atoms with Crippen molar-refractivity contribution < 1.29 is 4.42 Å². The van der Waals surface area contributed by atoms with Crippen molar-refractivity contribution in [1.82, 2.24) is 19.9 Å². The van der Waals surface area contributed by atoms with E-state index in [-0.39, 0.29) is 0 Å². The summed E-state index contributed by atoms with van der Waals surface area (Å²) in [4.78, 5) is 20.4. The lowest BCUT2D eigenvalue weighted by molar-refractivity contribution is 0.669. The van der Waals surface area contributed by atoms with Gasteiger partial charge in [0.05, 0.1) is 5.52 Å². The van der Waals surface area contributed by atoms with Crippen LogP contribution < -0.4 is 0 Å². The van der Waals surface area contributed by atoms with Crippen molar-refractivity contribution in [3.05, 3.63) is 194 Å². The number of rotatable bonds is 5. The molecule has 5 heteroatoms. The van der Waals surface area contributed by atoms with Gasteiger partial charge in [-0.2, -0.15) is 0 Å². The topological polar surface area (TPSA) is 64.7 Å². The quantitative estimate of drug-likeness (QED) is 0.164. The van der Waals surface area contributed by atoms with E-state index in [9.17, 15) is 0 Å². The van der Waals surface area contributed by atoms with Crippen molar-refractivity contribution in [1.29, 1.82) is 0 Å². The smallest absolute Gasteiger partial charge is 0.164 e. The Morgan fingerprint density at radius 1 is 0.305 bits per heavy atom. The van der Waals surface area contributed by atoms with E-state index < -0.39 is 0 Å². The summed E-state index contributed by atoms with van der Waals surface area (Å²) in [6.07, 6.45) is 1.85. The van der Waals surface area contributed by atoms with Crippen molar-refractivity contribution in [2.45, 2.75) is 0 Å². The average molecular weight is 753 g/mol. The minimum atomic E-state index is 0.580. The molecule has 3 aromatic heterocycles. The van der Waals surface area contributed by atoms with E-state index in [1.165, 1.54) is 32.3 Å². The normalized spacial score (nSPS) is 11.7. The third kappa shape index (κ3) is 5.47. The van der Waals surface area contributed by atoms with Crippen LogP contribution in [-0.4, -0.2) is 19.9 Å². The van der Waals surface area contributed by atoms with Crippen molar-refractivity contribution >= 4 is 65.2 Å². The van der Waals surface area contributed by atoms with Crippen LogP contribution in [0.3, 0.4) is 0 Å². The zero-order valence-electron chi connectivity index (χ0n) is 31.7. The monoisotopic (exact) mass is 752 g/mol. The Labute approximate surface area is 338 Å². The molecule has 0 fully saturated rings. The second kappa shape index (κ2) is 13.3. The molecule has 0 aliphatic carbocycles. The van der Waals surface area contributed by atoms with E-state index in [4.69, 9.17) is 24.4 Å². The summed E-state index contributed by atoms with van der Waals surface area (Å²) >= 11 is 0. The Morgan fingerprint density at radius 2 is 0.881 bits per heavy atom. The number of furan rings is 1. The number of aromatic nitrogens is 4. The summed E-state index contributed by atoms with van der Waals surface area (Å²) < 4.78 is 6.31. The number of fused-ring (bicyclic) bond motifs is 10. The number of hydrogen-bond donors (Lipinski definition) is 0. The van der Waals surface area contributed by atoms with Gasteiger partial charge in [0.1, 0.15) is 11.2 Å². The summed E-state index contributed by atoms with van der Waals surface area (Å²) in [6.45, 7) is 0. The van der Waals surface area contributed by atoms with E-state index in [1.807, 2.05) is 72.9 Å². The molecule has 5 nitrogen and oxygen atoms in total. The van der Waals surface area contributed by atoms with Crippen LogP contribution in [0.2, 0.25) is 0 Å². The van der Waals surface area contributed by atoms with Crippen molar-refractivity contribution in [2.24, 2.45) is 0 Å². The lowest BCUT2D eigenvalue weighted by atomic mass is 9.90. The van der Waals surface area contributed by atoms with Crippen LogP contribution in [-0.2, 0) is 0 Å². The van der Waals surface area contributed by atoms with Gasteiger partial charge in [-0.3, -0.25) is 4.98 Å². The average Bonchev–Trinajstić information content (AvgIpc) is 3.70. The third-order valence-corrected chi connectivity index (χ3v) is 11.5. The number of benzene rings is 9. The van der Waals surface area contributed by atoms with E-state index >= 15 is 0 Å².